The largest absolute Gasteiger partial charge is 0.311 e. The Morgan fingerprint density at radius 3 is 1.43 bits per heavy atom. The van der Waals surface area contributed by atoms with Crippen LogP contribution in [0.15, 0.2) is 84.9 Å². The first kappa shape index (κ1) is 13.0. The minimum absolute atomic E-state index is 0.653. The van der Waals surface area contributed by atoms with E-state index in [0.29, 0.717) is 5.69 Å². The molecular formula is C19H14N2. The van der Waals surface area contributed by atoms with E-state index < -0.39 is 0 Å². The van der Waals surface area contributed by atoms with Gasteiger partial charge in [0.05, 0.1) is 6.57 Å². The smallest absolute Gasteiger partial charge is 0.187 e. The molecule has 0 atom stereocenters. The fourth-order valence-electron chi connectivity index (χ4n) is 2.28. The molecule has 0 aromatic heterocycles. The van der Waals surface area contributed by atoms with E-state index in [2.05, 4.69) is 34.0 Å². The Balaban J connectivity index is 2.10. The number of para-hydroxylation sites is 2. The van der Waals surface area contributed by atoms with Gasteiger partial charge in [-0.25, -0.2) is 4.85 Å². The predicted molar refractivity (Wildman–Crippen MR) is 87.4 cm³/mol. The summed E-state index contributed by atoms with van der Waals surface area (Å²) in [7, 11) is 0. The van der Waals surface area contributed by atoms with Gasteiger partial charge >= 0.3 is 0 Å². The second kappa shape index (κ2) is 5.94. The lowest BCUT2D eigenvalue weighted by Gasteiger charge is -2.25. The van der Waals surface area contributed by atoms with E-state index >= 15 is 0 Å². The van der Waals surface area contributed by atoms with E-state index in [9.17, 15) is 0 Å². The first-order chi connectivity index (χ1) is 10.4. The summed E-state index contributed by atoms with van der Waals surface area (Å²) in [4.78, 5) is 5.62. The van der Waals surface area contributed by atoms with Crippen molar-refractivity contribution in [2.45, 2.75) is 0 Å². The van der Waals surface area contributed by atoms with E-state index in [4.69, 9.17) is 6.57 Å². The van der Waals surface area contributed by atoms with Crippen molar-refractivity contribution in [3.8, 4) is 0 Å². The van der Waals surface area contributed by atoms with Crippen molar-refractivity contribution in [3.63, 3.8) is 0 Å². The fraction of sp³-hybridized carbons (Fsp3) is 0. The molecule has 0 aliphatic heterocycles. The van der Waals surface area contributed by atoms with E-state index in [-0.39, 0.29) is 0 Å². The molecule has 3 rings (SSSR count). The van der Waals surface area contributed by atoms with Gasteiger partial charge in [0.1, 0.15) is 0 Å². The van der Waals surface area contributed by atoms with Crippen molar-refractivity contribution < 1.29 is 0 Å². The Bertz CT molecular complexity index is 702. The molecule has 0 aliphatic rings. The molecule has 3 aromatic carbocycles. The van der Waals surface area contributed by atoms with Crippen LogP contribution in [0.5, 0.6) is 0 Å². The third-order valence-electron chi connectivity index (χ3n) is 3.27. The van der Waals surface area contributed by atoms with Gasteiger partial charge in [-0.1, -0.05) is 48.5 Å². The Labute approximate surface area is 124 Å². The second-order valence-electron chi connectivity index (χ2n) is 4.63. The highest BCUT2D eigenvalue weighted by Crippen LogP contribution is 2.34. The molecule has 0 aliphatic carbocycles. The highest BCUT2D eigenvalue weighted by Gasteiger charge is 2.11. The summed E-state index contributed by atoms with van der Waals surface area (Å²) >= 11 is 0. The van der Waals surface area contributed by atoms with Crippen LogP contribution in [-0.4, -0.2) is 0 Å². The summed E-state index contributed by atoms with van der Waals surface area (Å²) in [5.74, 6) is 0. The van der Waals surface area contributed by atoms with Crippen LogP contribution in [0.4, 0.5) is 22.7 Å². The molecule has 0 unspecified atom stereocenters. The first-order valence-electron chi connectivity index (χ1n) is 6.76. The summed E-state index contributed by atoms with van der Waals surface area (Å²) in [5, 5.41) is 0. The molecule has 0 spiro atoms. The van der Waals surface area contributed by atoms with Gasteiger partial charge in [-0.05, 0) is 36.4 Å². The molecule has 0 bridgehead atoms. The number of benzene rings is 3. The van der Waals surface area contributed by atoms with Crippen LogP contribution in [0, 0.1) is 6.57 Å². The van der Waals surface area contributed by atoms with Crippen molar-refractivity contribution in [1.29, 1.82) is 0 Å². The van der Waals surface area contributed by atoms with Gasteiger partial charge in [0, 0.05) is 17.1 Å². The van der Waals surface area contributed by atoms with Crippen LogP contribution in [0.25, 0.3) is 4.85 Å². The molecular weight excluding hydrogens is 256 g/mol. The minimum atomic E-state index is 0.653. The molecule has 0 saturated heterocycles. The van der Waals surface area contributed by atoms with Gasteiger partial charge in [-0.3, -0.25) is 0 Å². The zero-order chi connectivity index (χ0) is 14.5. The van der Waals surface area contributed by atoms with Crippen molar-refractivity contribution in [3.05, 3.63) is 96.3 Å². The summed E-state index contributed by atoms with van der Waals surface area (Å²) in [6, 6.07) is 28.1. The summed E-state index contributed by atoms with van der Waals surface area (Å²) in [6.45, 7) is 7.06. The minimum Gasteiger partial charge on any atom is -0.311 e. The van der Waals surface area contributed by atoms with E-state index in [1.807, 2.05) is 60.7 Å². The zero-order valence-electron chi connectivity index (χ0n) is 11.5. The van der Waals surface area contributed by atoms with E-state index in [0.717, 1.165) is 17.1 Å². The normalized spacial score (nSPS) is 9.86. The van der Waals surface area contributed by atoms with Crippen LogP contribution in [0.2, 0.25) is 0 Å². The van der Waals surface area contributed by atoms with Gasteiger partial charge < -0.3 is 4.90 Å². The van der Waals surface area contributed by atoms with Crippen LogP contribution in [0.3, 0.4) is 0 Å². The quantitative estimate of drug-likeness (QED) is 0.553. The maximum atomic E-state index is 7.06. The summed E-state index contributed by atoms with van der Waals surface area (Å²) < 4.78 is 0. The van der Waals surface area contributed by atoms with E-state index in [1.165, 1.54) is 0 Å². The Hall–Kier alpha value is -3.05. The predicted octanol–water partition coefficient (Wildman–Crippen LogP) is 5.71. The zero-order valence-corrected chi connectivity index (χ0v) is 11.5. The summed E-state index contributed by atoms with van der Waals surface area (Å²) in [5.41, 5.74) is 3.89. The van der Waals surface area contributed by atoms with E-state index in [1.54, 1.807) is 0 Å². The molecule has 0 heterocycles. The van der Waals surface area contributed by atoms with Crippen LogP contribution < -0.4 is 4.90 Å². The molecule has 0 amide bonds. The van der Waals surface area contributed by atoms with Crippen molar-refractivity contribution in [2.75, 3.05) is 4.90 Å². The monoisotopic (exact) mass is 270 g/mol. The molecule has 0 radical (unpaired) electrons. The SMILES string of the molecule is [C-]#[N+]c1ccc(N(c2ccccc2)c2ccccc2)cc1. The number of hydrogen-bond donors (Lipinski definition) is 0. The lowest BCUT2D eigenvalue weighted by Crippen LogP contribution is -2.09. The molecule has 100 valence electrons. The van der Waals surface area contributed by atoms with Gasteiger partial charge in [0.15, 0.2) is 5.69 Å². The van der Waals surface area contributed by atoms with Crippen LogP contribution in [0.1, 0.15) is 0 Å². The molecule has 2 nitrogen and oxygen atoms in total. The van der Waals surface area contributed by atoms with Crippen molar-refractivity contribution in [1.82, 2.24) is 0 Å². The average molecular weight is 270 g/mol. The maximum absolute atomic E-state index is 7.06. The molecule has 0 N–H and O–H groups in total. The summed E-state index contributed by atoms with van der Waals surface area (Å²) in [6.07, 6.45) is 0. The van der Waals surface area contributed by atoms with Gasteiger partial charge in [0.25, 0.3) is 0 Å². The number of nitrogens with zero attached hydrogens (tertiary/aromatic N) is 2. The Kier molecular flexibility index (Phi) is 3.66. The highest BCUT2D eigenvalue weighted by atomic mass is 15.1. The number of anilines is 3. The van der Waals surface area contributed by atoms with Gasteiger partial charge in [-0.15, -0.1) is 0 Å². The molecule has 3 aromatic rings. The molecule has 0 fully saturated rings. The first-order valence-corrected chi connectivity index (χ1v) is 6.76. The van der Waals surface area contributed by atoms with Crippen molar-refractivity contribution in [2.24, 2.45) is 0 Å². The molecule has 0 saturated carbocycles. The Morgan fingerprint density at radius 2 is 1.00 bits per heavy atom. The highest BCUT2D eigenvalue weighted by molar-refractivity contribution is 5.77. The third-order valence-corrected chi connectivity index (χ3v) is 3.27. The maximum Gasteiger partial charge on any atom is 0.187 e. The fourth-order valence-corrected chi connectivity index (χ4v) is 2.28. The second-order valence-corrected chi connectivity index (χ2v) is 4.63. The number of rotatable bonds is 3. The third kappa shape index (κ3) is 2.77. The van der Waals surface area contributed by atoms with Crippen LogP contribution >= 0.6 is 0 Å². The van der Waals surface area contributed by atoms with Gasteiger partial charge in [0.2, 0.25) is 0 Å². The van der Waals surface area contributed by atoms with Crippen molar-refractivity contribution >= 4 is 22.7 Å². The Morgan fingerprint density at radius 1 is 0.571 bits per heavy atom. The topological polar surface area (TPSA) is 7.60 Å². The average Bonchev–Trinajstić information content (AvgIpc) is 2.58. The molecule has 2 heteroatoms. The van der Waals surface area contributed by atoms with Gasteiger partial charge in [-0.2, -0.15) is 0 Å². The lowest BCUT2D eigenvalue weighted by atomic mass is 10.2. The number of hydrogen-bond acceptors (Lipinski definition) is 1. The lowest BCUT2D eigenvalue weighted by molar-refractivity contribution is 1.28. The standard InChI is InChI=1S/C19H14N2/c1-20-16-12-14-19(15-13-16)21(17-8-4-2-5-9-17)18-10-6-3-7-11-18/h2-15H. The van der Waals surface area contributed by atoms with Crippen LogP contribution in [-0.2, 0) is 0 Å². The molecule has 21 heavy (non-hydrogen) atoms.